The third-order valence-electron chi connectivity index (χ3n) is 18.7. The maximum absolute atomic E-state index is 10.2. The molecule has 0 heterocycles. The van der Waals surface area contributed by atoms with Crippen molar-refractivity contribution in [2.75, 3.05) is 68.6 Å². The Hall–Kier alpha value is -1.33. The lowest BCUT2D eigenvalue weighted by atomic mass is 9.96. The van der Waals surface area contributed by atoms with E-state index in [1.54, 1.807) is 149 Å². The summed E-state index contributed by atoms with van der Waals surface area (Å²) >= 11 is 23.5. The Morgan fingerprint density at radius 3 is 0.926 bits per heavy atom. The zero-order valence-corrected chi connectivity index (χ0v) is 107. The van der Waals surface area contributed by atoms with Gasteiger partial charge in [-0.3, -0.25) is 0 Å². The molecule has 8 aromatic carbocycles. The van der Waals surface area contributed by atoms with E-state index in [1.807, 2.05) is 184 Å². The number of methoxy groups -OCH3 is 5. The van der Waals surface area contributed by atoms with E-state index in [2.05, 4.69) is 203 Å². The molecule has 0 saturated carbocycles. The SMILES string of the molecule is CCOC(C)Oc1c(I)cc(C(C)(C)O)c(I)c1OC.CCOC(C)Oc1c(I)cc(C(C)(C)O)cc1OC.CCOC(C)Oc1c(I)cc(C(C)O)c(I)c1OC.CCOC(C)Oc1cc(C(C)(C)O)cc(C)c1I.CCOC(C)Oc1cc(C(C)O)cc(C)c1I.COc1c(O)c(I)cc(C(C)(C)O)c1I.COc1cc(C(C)(C)O)cc(I)c1O.Cc1cc(C(C)(C)O)cc(O)c1I. The van der Waals surface area contributed by atoms with Gasteiger partial charge in [0.05, 0.1) is 121 Å². The molecular weight excluding hydrogens is 2990 g/mol. The first-order chi connectivity index (χ1) is 62.1. The van der Waals surface area contributed by atoms with E-state index in [9.17, 15) is 56.2 Å². The Labute approximate surface area is 949 Å². The van der Waals surface area contributed by atoms with E-state index in [4.69, 9.17) is 71.1 Å². The minimum absolute atomic E-state index is 0.112. The van der Waals surface area contributed by atoms with Crippen LogP contribution in [-0.2, 0) is 57.3 Å². The maximum Gasteiger partial charge on any atom is 0.197 e. The Kier molecular flexibility index (Phi) is 59.8. The van der Waals surface area contributed by atoms with Crippen molar-refractivity contribution in [1.82, 2.24) is 0 Å². The van der Waals surface area contributed by atoms with Crippen LogP contribution >= 0.6 is 248 Å². The summed E-state index contributed by atoms with van der Waals surface area (Å²) in [4.78, 5) is 0. The van der Waals surface area contributed by atoms with Crippen LogP contribution in [0.5, 0.6) is 74.7 Å². The summed E-state index contributed by atoms with van der Waals surface area (Å²) in [7, 11) is 7.76. The van der Waals surface area contributed by atoms with Crippen molar-refractivity contribution < 1.29 is 127 Å². The second-order valence-electron chi connectivity index (χ2n) is 33.1. The van der Waals surface area contributed by atoms with Gasteiger partial charge in [0.1, 0.15) is 17.2 Å². The third kappa shape index (κ3) is 43.7. The van der Waals surface area contributed by atoms with E-state index < -0.39 is 45.8 Å². The van der Waals surface area contributed by atoms with E-state index >= 15 is 0 Å². The van der Waals surface area contributed by atoms with Crippen molar-refractivity contribution >= 4 is 248 Å². The number of hydrogen-bond acceptors (Lipinski definition) is 26. The molecule has 0 aliphatic heterocycles. The Morgan fingerprint density at radius 2 is 0.570 bits per heavy atom. The van der Waals surface area contributed by atoms with Crippen LogP contribution in [0.2, 0.25) is 0 Å². The zero-order valence-electron chi connectivity index (χ0n) is 82.8. The molecule has 0 saturated heterocycles. The average Bonchev–Trinajstić information content (AvgIpc) is 0.773. The Bertz CT molecular complexity index is 4990. The predicted molar refractivity (Wildman–Crippen MR) is 625 cm³/mol. The quantitative estimate of drug-likeness (QED) is 0.0134. The first-order valence-corrected chi connectivity index (χ1v) is 54.5. The fraction of sp³-hybridized carbons (Fsp3) is 0.510. The van der Waals surface area contributed by atoms with E-state index in [-0.39, 0.29) is 48.7 Å². The number of phenolic OH excluding ortho intramolecular Hbond substituents is 3. The second kappa shape index (κ2) is 61.3. The van der Waals surface area contributed by atoms with E-state index in [0.717, 1.165) is 105 Å². The minimum Gasteiger partial charge on any atom is -0.507 e. The van der Waals surface area contributed by atoms with Gasteiger partial charge in [-0.05, 0) is 546 Å². The highest BCUT2D eigenvalue weighted by Crippen LogP contribution is 2.47. The lowest BCUT2D eigenvalue weighted by molar-refractivity contribution is -0.0632. The van der Waals surface area contributed by atoms with Gasteiger partial charge in [-0.15, -0.1) is 0 Å². The molecule has 26 nitrogen and oxygen atoms in total. The number of aryl methyl sites for hydroxylation is 3. The summed E-state index contributed by atoms with van der Waals surface area (Å²) in [5.41, 5.74) is 4.02. The van der Waals surface area contributed by atoms with Gasteiger partial charge in [-0.1, -0.05) is 18.2 Å². The van der Waals surface area contributed by atoms with E-state index in [0.29, 0.717) is 86.2 Å². The first kappa shape index (κ1) is 132. The van der Waals surface area contributed by atoms with Crippen molar-refractivity contribution in [2.24, 2.45) is 0 Å². The smallest absolute Gasteiger partial charge is 0.197 e. The fourth-order valence-electron chi connectivity index (χ4n) is 11.6. The molecule has 8 aromatic rings. The molecule has 11 N–H and O–H groups in total. The number of hydrogen-bond donors (Lipinski definition) is 11. The topological polar surface area (TPSA) is 361 Å². The molecule has 37 heteroatoms. The minimum atomic E-state index is -0.947. The van der Waals surface area contributed by atoms with Gasteiger partial charge in [-0.2, -0.15) is 0 Å². The molecule has 762 valence electrons. The first-order valence-electron chi connectivity index (χ1n) is 42.7. The molecular formula is C98H137I11O26. The third-order valence-corrected chi connectivity index (χ3v) is 30.2. The molecule has 0 bridgehead atoms. The van der Waals surface area contributed by atoms with Crippen molar-refractivity contribution in [3.63, 3.8) is 0 Å². The normalized spacial score (nSPS) is 13.0. The number of rotatable bonds is 33. The number of ether oxygens (including phenoxy) is 15. The maximum atomic E-state index is 10.2. The summed E-state index contributed by atoms with van der Waals surface area (Å²) in [6, 6.07) is 23.8. The zero-order chi connectivity index (χ0) is 105. The number of aliphatic hydroxyl groups is 8. The molecule has 0 amide bonds. The van der Waals surface area contributed by atoms with Crippen LogP contribution in [0.4, 0.5) is 0 Å². The number of benzene rings is 8. The number of halogens is 11. The van der Waals surface area contributed by atoms with Gasteiger partial charge in [0.25, 0.3) is 0 Å². The molecule has 0 aliphatic rings. The molecule has 0 aromatic heterocycles. The monoisotopic (exact) mass is 3130 g/mol. The molecule has 0 aliphatic carbocycles. The molecule has 0 radical (unpaired) electrons. The van der Waals surface area contributed by atoms with Gasteiger partial charge < -0.3 is 127 Å². The number of aromatic hydroxyl groups is 3. The predicted octanol–water partition coefficient (Wildman–Crippen LogP) is 25.5. The van der Waals surface area contributed by atoms with Crippen molar-refractivity contribution in [1.29, 1.82) is 0 Å². The average molecular weight is 3130 g/mol. The van der Waals surface area contributed by atoms with Gasteiger partial charge in [-0.25, -0.2) is 0 Å². The fourth-order valence-corrected chi connectivity index (χ4v) is 19.7. The highest BCUT2D eigenvalue weighted by atomic mass is 127. The summed E-state index contributed by atoms with van der Waals surface area (Å²) < 4.78 is 91.4. The molecule has 7 atom stereocenters. The van der Waals surface area contributed by atoms with Gasteiger partial charge >= 0.3 is 0 Å². The molecule has 7 unspecified atom stereocenters. The van der Waals surface area contributed by atoms with E-state index in [1.165, 1.54) is 14.2 Å². The molecule has 0 spiro atoms. The highest BCUT2D eigenvalue weighted by molar-refractivity contribution is 14.1. The molecule has 8 rings (SSSR count). The van der Waals surface area contributed by atoms with Crippen molar-refractivity contribution in [3.8, 4) is 74.7 Å². The summed E-state index contributed by atoms with van der Waals surface area (Å²) in [5, 5.41) is 108. The van der Waals surface area contributed by atoms with Crippen LogP contribution in [0.25, 0.3) is 0 Å². The summed E-state index contributed by atoms with van der Waals surface area (Å²) in [6.45, 7) is 52.0. The van der Waals surface area contributed by atoms with Crippen LogP contribution in [0.1, 0.15) is 240 Å². The number of phenols is 3. The standard InChI is InChI=1S/C14H20I2O4.C14H21IO4.C14H21IO3.C13H18I2O4.C13H19IO3.C10H12I2O3.C10H13IO3.C10H13IO2/c1-6-19-8(2)20-12-10(15)7-9(14(3,4)17)11(16)13(12)18-5;1-6-18-9(2)19-13-11(15)7-10(14(3,4)16)8-12(13)17-5;1-6-17-10(3)18-12-8-11(14(4,5)16)7-9(2)13(12)15;1-5-18-8(3)19-12-10(14)6-9(7(2)16)11(15)13(12)17-4;1-5-16-10(4)17-12-7-11(9(3)15)6-8(2)13(12)14;1-10(2,14)5-4-6(11)8(13)9(15-3)7(5)12;1-10(2,13)6-4-7(11)9(12)8(5-6)14-3;1-6-4-7(10(2,3)13)5-8(12)9(6)11/h7-8,17H,6H2,1-5H3;7-9,16H,6H2,1-5H3;7-8,10,16H,6H2,1-5H3;6-8,16H,5H2,1-4H3;6-7,9-10,15H,5H2,1-4H3;4,13-14H,1-3H3;4-5,12-13H,1-3H3;4-5,12-13H,1-3H3. The van der Waals surface area contributed by atoms with Crippen LogP contribution in [0.3, 0.4) is 0 Å². The summed E-state index contributed by atoms with van der Waals surface area (Å²) in [6.07, 6.45) is -2.66. The Morgan fingerprint density at radius 1 is 0.274 bits per heavy atom. The second-order valence-corrected chi connectivity index (χ2v) is 45.4. The van der Waals surface area contributed by atoms with Gasteiger partial charge in [0.15, 0.2) is 88.9 Å². The lowest BCUT2D eigenvalue weighted by Gasteiger charge is -2.24. The largest absolute Gasteiger partial charge is 0.507 e. The van der Waals surface area contributed by atoms with Crippen LogP contribution in [0.15, 0.2) is 78.9 Å². The molecule has 0 fully saturated rings. The summed E-state index contributed by atoms with van der Waals surface area (Å²) in [5.74, 6) is 6.58. The van der Waals surface area contributed by atoms with Crippen molar-refractivity contribution in [2.45, 2.75) is 264 Å². The van der Waals surface area contributed by atoms with Gasteiger partial charge in [0.2, 0.25) is 0 Å². The lowest BCUT2D eigenvalue weighted by Crippen LogP contribution is -2.20. The Balaban J connectivity index is 0.000000774. The van der Waals surface area contributed by atoms with Crippen LogP contribution in [0, 0.1) is 60.0 Å². The highest BCUT2D eigenvalue weighted by Gasteiger charge is 2.31. The van der Waals surface area contributed by atoms with Crippen LogP contribution < -0.4 is 47.4 Å². The molecule has 135 heavy (non-hydrogen) atoms. The number of aliphatic hydroxyl groups excluding tert-OH is 2. The van der Waals surface area contributed by atoms with Crippen molar-refractivity contribution in [3.05, 3.63) is 179 Å². The van der Waals surface area contributed by atoms with Crippen LogP contribution in [-0.4, -0.2) is 156 Å². The van der Waals surface area contributed by atoms with Gasteiger partial charge in [0, 0.05) is 44.2 Å².